The van der Waals surface area contributed by atoms with Crippen molar-refractivity contribution in [1.82, 2.24) is 5.32 Å². The summed E-state index contributed by atoms with van der Waals surface area (Å²) in [5.41, 5.74) is 0. The molecule has 1 amide bonds. The molecule has 0 spiro atoms. The third-order valence-corrected chi connectivity index (χ3v) is 19.1. The number of ether oxygens (including phenoxy) is 6. The lowest BCUT2D eigenvalue weighted by Gasteiger charge is -2.48. The van der Waals surface area contributed by atoms with Crippen molar-refractivity contribution in [2.45, 2.75) is 413 Å². The van der Waals surface area contributed by atoms with Gasteiger partial charge in [0.05, 0.1) is 38.6 Å². The minimum absolute atomic E-state index is 0.248. The molecule has 19 nitrogen and oxygen atoms in total. The number of aliphatic hydroxyl groups excluding tert-OH is 11. The normalized spacial score (nSPS) is 27.9. The Bertz CT molecular complexity index is 1700. The molecule has 19 heteroatoms. The average Bonchev–Trinajstić information content (AvgIpc) is 1.04. The number of allylic oxidation sites excluding steroid dienone is 1. The van der Waals surface area contributed by atoms with Crippen molar-refractivity contribution in [3.8, 4) is 0 Å². The van der Waals surface area contributed by atoms with E-state index >= 15 is 0 Å². The summed E-state index contributed by atoms with van der Waals surface area (Å²) in [5.74, 6) is -0.274. The van der Waals surface area contributed by atoms with Crippen LogP contribution in [0.25, 0.3) is 0 Å². The maximum Gasteiger partial charge on any atom is 0.220 e. The van der Waals surface area contributed by atoms with Crippen LogP contribution in [-0.2, 0) is 33.2 Å². The van der Waals surface area contributed by atoms with Crippen LogP contribution in [0.2, 0.25) is 0 Å². The number of aliphatic hydroxyl groups is 11. The van der Waals surface area contributed by atoms with Crippen LogP contribution in [0.15, 0.2) is 12.2 Å². The number of carbonyl (C=O) groups is 1. The number of hydrogen-bond donors (Lipinski definition) is 12. The summed E-state index contributed by atoms with van der Waals surface area (Å²) in [6.45, 7) is 1.69. The van der Waals surface area contributed by atoms with Gasteiger partial charge in [-0.25, -0.2) is 0 Å². The Morgan fingerprint density at radius 1 is 0.385 bits per heavy atom. The van der Waals surface area contributed by atoms with E-state index in [0.717, 1.165) is 57.8 Å². The van der Waals surface area contributed by atoms with Gasteiger partial charge in [0, 0.05) is 6.42 Å². The van der Waals surface area contributed by atoms with Crippen LogP contribution in [0.1, 0.15) is 309 Å². The third-order valence-electron chi connectivity index (χ3n) is 19.1. The van der Waals surface area contributed by atoms with Crippen LogP contribution in [-0.4, -0.2) is 193 Å². The van der Waals surface area contributed by atoms with Gasteiger partial charge in [0.2, 0.25) is 5.91 Å². The number of rotatable bonds is 59. The van der Waals surface area contributed by atoms with Crippen molar-refractivity contribution in [2.75, 3.05) is 26.4 Å². The molecular weight excluding hydrogens is 1170 g/mol. The van der Waals surface area contributed by atoms with Crippen LogP contribution in [0.4, 0.5) is 0 Å². The van der Waals surface area contributed by atoms with E-state index in [0.29, 0.717) is 6.42 Å². The molecule has 3 heterocycles. The predicted molar refractivity (Wildman–Crippen MR) is 356 cm³/mol. The SMILES string of the molecule is CCCCCCC/C=C/C(O)C(COC1OC(CO)C(OC2OC(CO)C(OC3OC(CO)C(O)C(O)C3O)C(O)C2O)C(O)C1O)NC(=O)CCCCCCCCCCCCCCCCCCCCCCCCCCCCCCCCCCCCCCCCC. The molecule has 0 aromatic heterocycles. The van der Waals surface area contributed by atoms with Crippen LogP contribution in [0.5, 0.6) is 0 Å². The summed E-state index contributed by atoms with van der Waals surface area (Å²) >= 11 is 0. The summed E-state index contributed by atoms with van der Waals surface area (Å²) in [6, 6.07) is -0.966. The molecule has 0 aromatic rings. The molecule has 17 atom stereocenters. The molecule has 3 rings (SSSR count). The molecule has 91 heavy (non-hydrogen) atoms. The zero-order chi connectivity index (χ0) is 66.1. The summed E-state index contributed by atoms with van der Waals surface area (Å²) in [6.07, 6.45) is 35.9. The van der Waals surface area contributed by atoms with Crippen LogP contribution in [0.3, 0.4) is 0 Å². The third kappa shape index (κ3) is 36.1. The molecule has 3 aliphatic rings. The molecular formula is C72H137NO18. The Labute approximate surface area is 550 Å². The second-order valence-electron chi connectivity index (χ2n) is 27.1. The highest BCUT2D eigenvalue weighted by Gasteiger charge is 2.53. The van der Waals surface area contributed by atoms with Crippen molar-refractivity contribution in [2.24, 2.45) is 0 Å². The lowest BCUT2D eigenvalue weighted by molar-refractivity contribution is -0.379. The van der Waals surface area contributed by atoms with E-state index in [9.17, 15) is 61.0 Å². The second kappa shape index (κ2) is 54.5. The van der Waals surface area contributed by atoms with Gasteiger partial charge in [-0.2, -0.15) is 0 Å². The second-order valence-corrected chi connectivity index (χ2v) is 27.1. The molecule has 12 N–H and O–H groups in total. The molecule has 3 saturated heterocycles. The van der Waals surface area contributed by atoms with Gasteiger partial charge >= 0.3 is 0 Å². The fourth-order valence-corrected chi connectivity index (χ4v) is 13.0. The lowest BCUT2D eigenvalue weighted by atomic mass is 9.96. The Hall–Kier alpha value is -1.47. The quantitative estimate of drug-likeness (QED) is 0.0199. The van der Waals surface area contributed by atoms with E-state index in [-0.39, 0.29) is 18.9 Å². The molecule has 0 radical (unpaired) electrons. The molecule has 3 fully saturated rings. The van der Waals surface area contributed by atoms with Crippen LogP contribution >= 0.6 is 0 Å². The zero-order valence-corrected chi connectivity index (χ0v) is 57.1. The molecule has 17 unspecified atom stereocenters. The molecule has 3 aliphatic heterocycles. The highest BCUT2D eigenvalue weighted by Crippen LogP contribution is 2.33. The summed E-state index contributed by atoms with van der Waals surface area (Å²) in [5, 5.41) is 120. The first-order chi connectivity index (χ1) is 44.3. The maximum absolute atomic E-state index is 13.3. The fraction of sp³-hybridized carbons (Fsp3) is 0.958. The van der Waals surface area contributed by atoms with Crippen molar-refractivity contribution < 1.29 is 89.4 Å². The molecule has 0 saturated carbocycles. The van der Waals surface area contributed by atoms with Gasteiger partial charge in [-0.3, -0.25) is 4.79 Å². The Morgan fingerprint density at radius 2 is 0.681 bits per heavy atom. The van der Waals surface area contributed by atoms with Crippen molar-refractivity contribution in [1.29, 1.82) is 0 Å². The summed E-state index contributed by atoms with van der Waals surface area (Å²) in [7, 11) is 0. The van der Waals surface area contributed by atoms with Crippen molar-refractivity contribution in [3.63, 3.8) is 0 Å². The molecule has 538 valence electrons. The van der Waals surface area contributed by atoms with Gasteiger partial charge in [-0.15, -0.1) is 0 Å². The Kier molecular flexibility index (Phi) is 50.2. The van der Waals surface area contributed by atoms with E-state index in [1.54, 1.807) is 6.08 Å². The largest absolute Gasteiger partial charge is 0.394 e. The summed E-state index contributed by atoms with van der Waals surface area (Å²) < 4.78 is 34.2. The number of nitrogens with one attached hydrogen (secondary N) is 1. The van der Waals surface area contributed by atoms with Crippen LogP contribution < -0.4 is 5.32 Å². The highest BCUT2D eigenvalue weighted by molar-refractivity contribution is 5.76. The van der Waals surface area contributed by atoms with E-state index in [1.807, 2.05) is 6.08 Å². The first-order valence-electron chi connectivity index (χ1n) is 37.4. The monoisotopic (exact) mass is 1300 g/mol. The fourth-order valence-electron chi connectivity index (χ4n) is 13.0. The number of unbranched alkanes of at least 4 members (excludes halogenated alkanes) is 43. The first-order valence-corrected chi connectivity index (χ1v) is 37.4. The minimum atomic E-state index is -1.97. The first kappa shape index (κ1) is 83.8. The van der Waals surface area contributed by atoms with Gasteiger partial charge < -0.3 is 89.9 Å². The van der Waals surface area contributed by atoms with Gasteiger partial charge in [-0.1, -0.05) is 296 Å². The predicted octanol–water partition coefficient (Wildman–Crippen LogP) is 10.8. The summed E-state index contributed by atoms with van der Waals surface area (Å²) in [4.78, 5) is 13.3. The lowest BCUT2D eigenvalue weighted by Crippen LogP contribution is -2.66. The van der Waals surface area contributed by atoms with E-state index < -0.39 is 124 Å². The van der Waals surface area contributed by atoms with Crippen LogP contribution in [0, 0.1) is 0 Å². The number of hydrogen-bond acceptors (Lipinski definition) is 18. The van der Waals surface area contributed by atoms with Gasteiger partial charge in [-0.05, 0) is 19.3 Å². The molecule has 0 aromatic carbocycles. The molecule has 0 aliphatic carbocycles. The van der Waals surface area contributed by atoms with E-state index in [2.05, 4.69) is 19.2 Å². The Balaban J connectivity index is 1.22. The van der Waals surface area contributed by atoms with Crippen molar-refractivity contribution >= 4 is 5.91 Å². The number of carbonyl (C=O) groups excluding carboxylic acids is 1. The minimum Gasteiger partial charge on any atom is -0.394 e. The number of amides is 1. The standard InChI is InChI=1S/C72H137NO18/c1-3-5-7-9-11-12-13-14-15-16-17-18-19-20-21-22-23-24-25-26-27-28-29-30-31-32-33-34-35-36-37-38-39-40-41-42-44-46-48-50-60(78)73-55(56(77)49-47-45-43-10-8-6-4-2)54-86-70-66(84)63(81)68(58(52-75)88-70)91-72-67(85)64(82)69(59(53-76)89-72)90-71-65(83)62(80)61(79)57(51-74)87-71/h47,49,55-59,61-72,74-77,79-85H,3-46,48,50-54H2,1-2H3,(H,73,78)/b49-47+. The molecule has 0 bridgehead atoms. The highest BCUT2D eigenvalue weighted by atomic mass is 16.8. The zero-order valence-electron chi connectivity index (χ0n) is 57.1. The maximum atomic E-state index is 13.3. The topological polar surface area (TPSA) is 307 Å². The van der Waals surface area contributed by atoms with Gasteiger partial charge in [0.25, 0.3) is 0 Å². The van der Waals surface area contributed by atoms with Gasteiger partial charge in [0.15, 0.2) is 18.9 Å². The van der Waals surface area contributed by atoms with Crippen molar-refractivity contribution in [3.05, 3.63) is 12.2 Å². The Morgan fingerprint density at radius 3 is 1.03 bits per heavy atom. The van der Waals surface area contributed by atoms with Gasteiger partial charge in [0.1, 0.15) is 73.2 Å². The average molecular weight is 1300 g/mol. The van der Waals surface area contributed by atoms with E-state index in [1.165, 1.54) is 225 Å². The van der Waals surface area contributed by atoms with E-state index in [4.69, 9.17) is 28.4 Å². The smallest absolute Gasteiger partial charge is 0.220 e.